The Hall–Kier alpha value is -1.08. The first-order chi connectivity index (χ1) is 7.70. The predicted octanol–water partition coefficient (Wildman–Crippen LogP) is 2.56. The van der Waals surface area contributed by atoms with Gasteiger partial charge in [-0.15, -0.1) is 5.54 Å². The Morgan fingerprint density at radius 3 is 2.24 bits per heavy atom. The van der Waals surface area contributed by atoms with Crippen LogP contribution < -0.4 is 0 Å². The molecule has 0 aromatic heterocycles. The zero-order valence-electron chi connectivity index (χ0n) is 11.4. The Labute approximate surface area is 105 Å². The molecular weight excluding hydrogens is 232 g/mol. The van der Waals surface area contributed by atoms with E-state index in [0.717, 1.165) is 0 Å². The van der Waals surface area contributed by atoms with Gasteiger partial charge in [-0.05, 0) is 26.2 Å². The van der Waals surface area contributed by atoms with Crippen LogP contribution in [0.25, 0.3) is 0 Å². The average molecular weight is 254 g/mol. The van der Waals surface area contributed by atoms with E-state index in [0.29, 0.717) is 19.3 Å². The van der Waals surface area contributed by atoms with Crippen LogP contribution in [0.5, 0.6) is 0 Å². The van der Waals surface area contributed by atoms with E-state index < -0.39 is 8.07 Å². The van der Waals surface area contributed by atoms with E-state index in [4.69, 9.17) is 4.74 Å². The van der Waals surface area contributed by atoms with E-state index in [2.05, 4.69) is 31.1 Å². The number of carbonyl (C=O) groups is 2. The molecule has 0 bridgehead atoms. The zero-order chi connectivity index (χ0) is 13.5. The van der Waals surface area contributed by atoms with Gasteiger partial charge in [-0.1, -0.05) is 19.6 Å². The Morgan fingerprint density at radius 1 is 1.18 bits per heavy atom. The van der Waals surface area contributed by atoms with Crippen molar-refractivity contribution < 1.29 is 14.3 Å². The maximum absolute atomic E-state index is 11.4. The minimum atomic E-state index is -1.48. The number of hydrogen-bond donors (Lipinski definition) is 0. The van der Waals surface area contributed by atoms with Gasteiger partial charge in [0, 0.05) is 12.8 Å². The molecular formula is C13H22O3Si. The summed E-state index contributed by atoms with van der Waals surface area (Å²) >= 11 is 0. The Morgan fingerprint density at radius 2 is 1.76 bits per heavy atom. The van der Waals surface area contributed by atoms with Gasteiger partial charge >= 0.3 is 5.97 Å². The van der Waals surface area contributed by atoms with Gasteiger partial charge in [0.15, 0.2) is 0 Å². The summed E-state index contributed by atoms with van der Waals surface area (Å²) in [5.41, 5.74) is 3.02. The fourth-order valence-corrected chi connectivity index (χ4v) is 1.55. The van der Waals surface area contributed by atoms with Gasteiger partial charge in [-0.3, -0.25) is 9.59 Å². The first-order valence-corrected chi connectivity index (χ1v) is 9.46. The van der Waals surface area contributed by atoms with Gasteiger partial charge in [0.1, 0.15) is 8.07 Å². The van der Waals surface area contributed by atoms with E-state index >= 15 is 0 Å². The third kappa shape index (κ3) is 11.2. The lowest BCUT2D eigenvalue weighted by Crippen LogP contribution is -2.17. The molecule has 0 spiro atoms. The van der Waals surface area contributed by atoms with Crippen LogP contribution in [-0.4, -0.2) is 25.9 Å². The number of carbonyl (C=O) groups excluding carboxylic acids is 2. The fraction of sp³-hybridized carbons (Fsp3) is 0.692. The number of ketones is 1. The van der Waals surface area contributed by atoms with Crippen LogP contribution in [0.1, 0.15) is 33.1 Å². The molecule has 0 heterocycles. The normalized spacial score (nSPS) is 10.7. The molecule has 0 aliphatic rings. The van der Waals surface area contributed by atoms with Crippen molar-refractivity contribution in [2.45, 2.75) is 58.9 Å². The summed E-state index contributed by atoms with van der Waals surface area (Å²) in [6.07, 6.45) is 1.05. The third-order valence-corrected chi connectivity index (χ3v) is 2.60. The van der Waals surface area contributed by atoms with Crippen LogP contribution in [0.4, 0.5) is 0 Å². The molecule has 0 aliphatic carbocycles. The standard InChI is InChI=1S/C13H22O3Si/c1-11(2)16-13(15)8-6-7-12(14)9-10-17(3,4)5/h11H,6-8H2,1-5H3. The second kappa shape index (κ2) is 7.28. The van der Waals surface area contributed by atoms with Crippen molar-refractivity contribution in [3.63, 3.8) is 0 Å². The van der Waals surface area contributed by atoms with Crippen molar-refractivity contribution in [2.24, 2.45) is 0 Å². The highest BCUT2D eigenvalue weighted by molar-refractivity contribution is 6.84. The smallest absolute Gasteiger partial charge is 0.306 e. The molecule has 0 radical (unpaired) electrons. The maximum Gasteiger partial charge on any atom is 0.306 e. The first-order valence-electron chi connectivity index (χ1n) is 5.96. The molecule has 4 heteroatoms. The number of esters is 1. The first kappa shape index (κ1) is 15.9. The van der Waals surface area contributed by atoms with Crippen molar-refractivity contribution in [1.82, 2.24) is 0 Å². The van der Waals surface area contributed by atoms with Crippen molar-refractivity contribution in [3.05, 3.63) is 0 Å². The largest absolute Gasteiger partial charge is 0.463 e. The topological polar surface area (TPSA) is 43.4 Å². The molecule has 0 fully saturated rings. The van der Waals surface area contributed by atoms with E-state index in [1.54, 1.807) is 0 Å². The molecule has 0 N–H and O–H groups in total. The van der Waals surface area contributed by atoms with E-state index in [9.17, 15) is 9.59 Å². The Kier molecular flexibility index (Phi) is 6.82. The second-order valence-electron chi connectivity index (χ2n) is 5.32. The molecule has 0 saturated carbocycles. The SMILES string of the molecule is CC(C)OC(=O)CCCC(=O)C#C[Si](C)(C)C. The van der Waals surface area contributed by atoms with Gasteiger partial charge < -0.3 is 4.74 Å². The third-order valence-electron chi connectivity index (χ3n) is 1.73. The Bertz CT molecular complexity index is 329. The molecule has 0 aromatic carbocycles. The van der Waals surface area contributed by atoms with Crippen molar-refractivity contribution in [1.29, 1.82) is 0 Å². The quantitative estimate of drug-likeness (QED) is 0.430. The van der Waals surface area contributed by atoms with Crippen molar-refractivity contribution in [2.75, 3.05) is 0 Å². The number of hydrogen-bond acceptors (Lipinski definition) is 3. The van der Waals surface area contributed by atoms with E-state index in [1.807, 2.05) is 13.8 Å². The van der Waals surface area contributed by atoms with Gasteiger partial charge in [0.2, 0.25) is 5.78 Å². The summed E-state index contributed by atoms with van der Waals surface area (Å²) in [4.78, 5) is 22.6. The van der Waals surface area contributed by atoms with Gasteiger partial charge in [-0.2, -0.15) is 0 Å². The van der Waals surface area contributed by atoms with Crippen molar-refractivity contribution >= 4 is 19.8 Å². The molecule has 0 atom stereocenters. The fourth-order valence-electron chi connectivity index (χ4n) is 1.03. The van der Waals surface area contributed by atoms with Crippen LogP contribution in [0.2, 0.25) is 19.6 Å². The molecule has 0 unspecified atom stereocenters. The van der Waals surface area contributed by atoms with Gasteiger partial charge in [-0.25, -0.2) is 0 Å². The minimum Gasteiger partial charge on any atom is -0.463 e. The zero-order valence-corrected chi connectivity index (χ0v) is 12.4. The van der Waals surface area contributed by atoms with Crippen LogP contribution in [0.15, 0.2) is 0 Å². The summed E-state index contributed by atoms with van der Waals surface area (Å²) in [5, 5.41) is 0. The molecule has 0 rings (SSSR count). The highest BCUT2D eigenvalue weighted by Crippen LogP contribution is 2.02. The predicted molar refractivity (Wildman–Crippen MR) is 71.2 cm³/mol. The summed E-state index contributed by atoms with van der Waals surface area (Å²) in [6, 6.07) is 0. The second-order valence-corrected chi connectivity index (χ2v) is 10.1. The van der Waals surface area contributed by atoms with Crippen LogP contribution in [0, 0.1) is 11.5 Å². The van der Waals surface area contributed by atoms with Crippen LogP contribution in [0.3, 0.4) is 0 Å². The van der Waals surface area contributed by atoms with Gasteiger partial charge in [0.05, 0.1) is 6.10 Å². The summed E-state index contributed by atoms with van der Waals surface area (Å²) in [5.74, 6) is 2.33. The summed E-state index contributed by atoms with van der Waals surface area (Å²) < 4.78 is 4.97. The molecule has 0 aromatic rings. The number of rotatable bonds is 5. The highest BCUT2D eigenvalue weighted by Gasteiger charge is 2.09. The summed E-state index contributed by atoms with van der Waals surface area (Å²) in [6.45, 7) is 9.89. The highest BCUT2D eigenvalue weighted by atomic mass is 28.3. The molecule has 0 aliphatic heterocycles. The van der Waals surface area contributed by atoms with Crippen molar-refractivity contribution in [3.8, 4) is 11.5 Å². The van der Waals surface area contributed by atoms with E-state index in [-0.39, 0.29) is 17.9 Å². The van der Waals surface area contributed by atoms with Crippen LogP contribution in [-0.2, 0) is 14.3 Å². The minimum absolute atomic E-state index is 0.0789. The molecule has 0 saturated heterocycles. The average Bonchev–Trinajstić information content (AvgIpc) is 2.12. The lowest BCUT2D eigenvalue weighted by Gasteiger charge is -2.06. The molecule has 0 amide bonds. The number of ether oxygens (including phenoxy) is 1. The number of Topliss-reactive ketones (excluding diaryl/α,β-unsaturated/α-hetero) is 1. The van der Waals surface area contributed by atoms with Gasteiger partial charge in [0.25, 0.3) is 0 Å². The van der Waals surface area contributed by atoms with E-state index in [1.165, 1.54) is 0 Å². The Balaban J connectivity index is 3.86. The maximum atomic E-state index is 11.4. The monoisotopic (exact) mass is 254 g/mol. The van der Waals surface area contributed by atoms with Crippen LogP contribution >= 0.6 is 0 Å². The molecule has 96 valence electrons. The summed E-state index contributed by atoms with van der Waals surface area (Å²) in [7, 11) is -1.48. The lowest BCUT2D eigenvalue weighted by atomic mass is 10.2. The molecule has 17 heavy (non-hydrogen) atoms. The molecule has 3 nitrogen and oxygen atoms in total. The lowest BCUT2D eigenvalue weighted by molar-refractivity contribution is -0.147.